The van der Waals surface area contributed by atoms with Crippen LogP contribution in [0.1, 0.15) is 30.1 Å². The van der Waals surface area contributed by atoms with Gasteiger partial charge in [-0.15, -0.1) is 0 Å². The van der Waals surface area contributed by atoms with Crippen molar-refractivity contribution in [1.82, 2.24) is 10.3 Å². The molecule has 37 heavy (non-hydrogen) atoms. The van der Waals surface area contributed by atoms with Crippen molar-refractivity contribution in [2.75, 3.05) is 4.90 Å². The Balaban J connectivity index is 1.73. The number of nitrogens with zero attached hydrogens (tertiary/aromatic N) is 2. The van der Waals surface area contributed by atoms with Crippen LogP contribution in [0.25, 0.3) is 11.1 Å². The van der Waals surface area contributed by atoms with E-state index in [9.17, 15) is 9.59 Å². The van der Waals surface area contributed by atoms with Crippen molar-refractivity contribution in [1.29, 1.82) is 0 Å². The van der Waals surface area contributed by atoms with Gasteiger partial charge in [0.1, 0.15) is 6.04 Å². The Morgan fingerprint density at radius 2 is 1.49 bits per heavy atom. The van der Waals surface area contributed by atoms with Crippen molar-refractivity contribution >= 4 is 56.6 Å². The van der Waals surface area contributed by atoms with Crippen molar-refractivity contribution in [2.45, 2.75) is 23.8 Å². The summed E-state index contributed by atoms with van der Waals surface area (Å²) in [5.41, 5.74) is 3.92. The van der Waals surface area contributed by atoms with Crippen LogP contribution in [0.4, 0.5) is 5.69 Å². The van der Waals surface area contributed by atoms with E-state index in [-0.39, 0.29) is 6.04 Å². The monoisotopic (exact) mass is 595 g/mol. The van der Waals surface area contributed by atoms with Gasteiger partial charge in [0, 0.05) is 28.1 Å². The van der Waals surface area contributed by atoms with Crippen LogP contribution in [-0.2, 0) is 9.59 Å². The lowest BCUT2D eigenvalue weighted by atomic mass is 10.0. The third-order valence-electron chi connectivity index (χ3n) is 5.91. The number of aromatic nitrogens is 1. The van der Waals surface area contributed by atoms with E-state index in [0.717, 1.165) is 21.2 Å². The molecule has 8 heteroatoms. The number of anilines is 1. The molecule has 3 aromatic carbocycles. The van der Waals surface area contributed by atoms with Crippen LogP contribution in [0.2, 0.25) is 0 Å². The smallest absolute Gasteiger partial charge is 0.261 e. The molecule has 0 aliphatic rings. The second-order valence-electron chi connectivity index (χ2n) is 8.39. The molecular weight excluding hydrogens is 573 g/mol. The Bertz CT molecular complexity index is 1340. The molecule has 0 saturated heterocycles. The highest BCUT2D eigenvalue weighted by atomic mass is 79.9. The van der Waals surface area contributed by atoms with Crippen LogP contribution >= 0.6 is 39.1 Å². The molecule has 0 bridgehead atoms. The zero-order chi connectivity index (χ0) is 26.4. The molecule has 0 saturated carbocycles. The summed E-state index contributed by atoms with van der Waals surface area (Å²) in [4.78, 5) is 31.3. The van der Waals surface area contributed by atoms with E-state index in [1.165, 1.54) is 4.90 Å². The Hall–Kier alpha value is -3.19. The molecule has 188 valence electrons. The molecule has 0 unspecified atom stereocenters. The molecule has 5 nitrogen and oxygen atoms in total. The van der Waals surface area contributed by atoms with Gasteiger partial charge >= 0.3 is 0 Å². The van der Waals surface area contributed by atoms with E-state index in [1.807, 2.05) is 73.7 Å². The zero-order valence-corrected chi connectivity index (χ0v) is 23.0. The fraction of sp³-hybridized carbons (Fsp3) is 0.138. The second kappa shape index (κ2) is 12.4. The first-order chi connectivity index (χ1) is 17.8. The molecule has 1 N–H and O–H groups in total. The molecule has 2 atom stereocenters. The van der Waals surface area contributed by atoms with Gasteiger partial charge in [-0.1, -0.05) is 99.8 Å². The zero-order valence-electron chi connectivity index (χ0n) is 19.9. The van der Waals surface area contributed by atoms with Gasteiger partial charge in [0.15, 0.2) is 4.84 Å². The maximum atomic E-state index is 13.8. The summed E-state index contributed by atoms with van der Waals surface area (Å²) < 4.78 is 0.939. The third-order valence-corrected chi connectivity index (χ3v) is 6.81. The molecule has 1 aromatic heterocycles. The fourth-order valence-electron chi connectivity index (χ4n) is 4.04. The normalized spacial score (nSPS) is 12.6. The largest absolute Gasteiger partial charge is 0.347 e. The van der Waals surface area contributed by atoms with Crippen molar-refractivity contribution in [3.63, 3.8) is 0 Å². The molecular formula is C29H24BrCl2N3O2. The highest BCUT2D eigenvalue weighted by Gasteiger charge is 2.36. The van der Waals surface area contributed by atoms with E-state index >= 15 is 0 Å². The number of halogens is 3. The number of carbonyl (C=O) groups is 2. The molecule has 4 rings (SSSR count). The van der Waals surface area contributed by atoms with E-state index < -0.39 is 22.7 Å². The summed E-state index contributed by atoms with van der Waals surface area (Å²) in [6.07, 6.45) is 3.17. The Morgan fingerprint density at radius 1 is 0.838 bits per heavy atom. The first-order valence-corrected chi connectivity index (χ1v) is 13.2. The van der Waals surface area contributed by atoms with E-state index in [0.29, 0.717) is 11.3 Å². The van der Waals surface area contributed by atoms with Gasteiger partial charge in [-0.25, -0.2) is 0 Å². The maximum Gasteiger partial charge on any atom is 0.261 e. The number of alkyl halides is 2. The van der Waals surface area contributed by atoms with Gasteiger partial charge < -0.3 is 5.32 Å². The molecule has 0 aliphatic heterocycles. The quantitative estimate of drug-likeness (QED) is 0.218. The molecule has 1 heterocycles. The van der Waals surface area contributed by atoms with Crippen LogP contribution in [0.3, 0.4) is 0 Å². The van der Waals surface area contributed by atoms with Crippen LogP contribution < -0.4 is 10.2 Å². The van der Waals surface area contributed by atoms with Gasteiger partial charge in [-0.3, -0.25) is 19.5 Å². The number of benzene rings is 3. The average Bonchev–Trinajstić information content (AvgIpc) is 2.92. The van der Waals surface area contributed by atoms with E-state index in [1.54, 1.807) is 36.7 Å². The molecule has 4 aromatic rings. The van der Waals surface area contributed by atoms with Gasteiger partial charge in [0.05, 0.1) is 6.04 Å². The molecule has 0 fully saturated rings. The van der Waals surface area contributed by atoms with Gasteiger partial charge in [0.2, 0.25) is 5.91 Å². The number of carbonyl (C=O) groups excluding carboxylic acids is 2. The maximum absolute atomic E-state index is 13.8. The number of hydrogen-bond donors (Lipinski definition) is 1. The second-order valence-corrected chi connectivity index (χ2v) is 10.4. The van der Waals surface area contributed by atoms with Crippen LogP contribution in [-0.4, -0.2) is 21.6 Å². The van der Waals surface area contributed by atoms with Crippen LogP contribution in [0, 0.1) is 0 Å². The first kappa shape index (κ1) is 26.9. The lowest BCUT2D eigenvalue weighted by Gasteiger charge is -2.32. The standard InChI is InChI=1S/C29H24BrCl2N3O2/c1-19(20-9-13-24(30)14-10-20)34-28(36)26(23-8-5-17-33-18-23)35(29(37)27(31)32)25-15-11-22(12-16-25)21-6-3-2-4-7-21/h2-19,26-27H,1H3,(H,34,36)/t19-,26-/m0/s1. The number of pyridine rings is 1. The third kappa shape index (κ3) is 6.58. The van der Waals surface area contributed by atoms with Crippen LogP contribution in [0.5, 0.6) is 0 Å². The highest BCUT2D eigenvalue weighted by Crippen LogP contribution is 2.32. The minimum atomic E-state index is -1.37. The summed E-state index contributed by atoms with van der Waals surface area (Å²) in [6, 6.07) is 27.0. The van der Waals surface area contributed by atoms with Gasteiger partial charge in [0.25, 0.3) is 5.91 Å². The first-order valence-electron chi connectivity index (χ1n) is 11.6. The Labute approximate surface area is 234 Å². The van der Waals surface area contributed by atoms with E-state index in [2.05, 4.69) is 26.2 Å². The number of amides is 2. The van der Waals surface area contributed by atoms with Crippen molar-refractivity contribution in [3.8, 4) is 11.1 Å². The van der Waals surface area contributed by atoms with Crippen molar-refractivity contribution in [3.05, 3.63) is 119 Å². The Kier molecular flexibility index (Phi) is 8.98. The highest BCUT2D eigenvalue weighted by molar-refractivity contribution is 9.10. The topological polar surface area (TPSA) is 62.3 Å². The van der Waals surface area contributed by atoms with E-state index in [4.69, 9.17) is 23.2 Å². The molecule has 0 radical (unpaired) electrons. The predicted octanol–water partition coefficient (Wildman–Crippen LogP) is 7.27. The van der Waals surface area contributed by atoms with Gasteiger partial charge in [-0.2, -0.15) is 0 Å². The summed E-state index contributed by atoms with van der Waals surface area (Å²) in [5.74, 6) is -1.01. The molecule has 0 aliphatic carbocycles. The molecule has 2 amide bonds. The number of hydrogen-bond acceptors (Lipinski definition) is 3. The van der Waals surface area contributed by atoms with Gasteiger partial charge in [-0.05, 0) is 53.9 Å². The predicted molar refractivity (Wildman–Crippen MR) is 153 cm³/mol. The lowest BCUT2D eigenvalue weighted by molar-refractivity contribution is -0.126. The summed E-state index contributed by atoms with van der Waals surface area (Å²) in [5, 5.41) is 3.03. The minimum Gasteiger partial charge on any atom is -0.347 e. The summed E-state index contributed by atoms with van der Waals surface area (Å²) in [7, 11) is 0. The number of rotatable bonds is 8. The molecule has 0 spiro atoms. The van der Waals surface area contributed by atoms with Crippen LogP contribution in [0.15, 0.2) is 108 Å². The lowest BCUT2D eigenvalue weighted by Crippen LogP contribution is -2.46. The minimum absolute atomic E-state index is 0.319. The Morgan fingerprint density at radius 3 is 2.08 bits per heavy atom. The van der Waals surface area contributed by atoms with Crippen molar-refractivity contribution < 1.29 is 9.59 Å². The number of nitrogens with one attached hydrogen (secondary N) is 1. The summed E-state index contributed by atoms with van der Waals surface area (Å²) in [6.45, 7) is 1.88. The summed E-state index contributed by atoms with van der Waals surface area (Å²) >= 11 is 15.6. The fourth-order valence-corrected chi connectivity index (χ4v) is 4.51. The average molecular weight is 597 g/mol. The van der Waals surface area contributed by atoms with Crippen molar-refractivity contribution in [2.24, 2.45) is 0 Å². The SMILES string of the molecule is C[C@H](NC(=O)[C@H](c1cccnc1)N(C(=O)C(Cl)Cl)c1ccc(-c2ccccc2)cc1)c1ccc(Br)cc1.